The van der Waals surface area contributed by atoms with Crippen molar-refractivity contribution in [3.63, 3.8) is 0 Å². The first-order valence-corrected chi connectivity index (χ1v) is 5.15. The minimum absolute atomic E-state index is 0.123. The number of aliphatic carboxylic acids is 1. The van der Waals surface area contributed by atoms with E-state index in [1.807, 2.05) is 22.6 Å². The average molecular weight is 327 g/mol. The molecule has 0 aromatic carbocycles. The van der Waals surface area contributed by atoms with E-state index in [1.54, 1.807) is 12.3 Å². The van der Waals surface area contributed by atoms with Gasteiger partial charge in [-0.1, -0.05) is 11.6 Å². The van der Waals surface area contributed by atoms with Gasteiger partial charge < -0.3 is 10.8 Å². The number of rotatable bonds is 2. The Kier molecular flexibility index (Phi) is 3.33. The maximum Gasteiger partial charge on any atom is 0.328 e. The van der Waals surface area contributed by atoms with Crippen molar-refractivity contribution >= 4 is 40.2 Å². The van der Waals surface area contributed by atoms with Crippen LogP contribution in [0.4, 0.5) is 0 Å². The van der Waals surface area contributed by atoms with E-state index in [0.29, 0.717) is 5.56 Å². The zero-order valence-corrected chi connectivity index (χ0v) is 10.2. The van der Waals surface area contributed by atoms with Crippen molar-refractivity contribution < 1.29 is 9.90 Å². The van der Waals surface area contributed by atoms with Crippen LogP contribution >= 0.6 is 34.2 Å². The maximum atomic E-state index is 10.9. The third-order valence-corrected chi connectivity index (χ3v) is 2.70. The molecule has 6 heteroatoms. The molecule has 76 valence electrons. The van der Waals surface area contributed by atoms with Gasteiger partial charge in [-0.25, -0.2) is 9.78 Å². The van der Waals surface area contributed by atoms with E-state index in [0.717, 1.165) is 3.57 Å². The predicted molar refractivity (Wildman–Crippen MR) is 61.1 cm³/mol. The van der Waals surface area contributed by atoms with Crippen molar-refractivity contribution in [2.24, 2.45) is 5.73 Å². The van der Waals surface area contributed by atoms with E-state index in [9.17, 15) is 4.79 Å². The number of carboxylic acid groups (broad SMARTS) is 1. The van der Waals surface area contributed by atoms with Crippen molar-refractivity contribution in [1.82, 2.24) is 4.98 Å². The number of aromatic nitrogens is 1. The molecule has 1 rings (SSSR count). The topological polar surface area (TPSA) is 76.2 Å². The molecule has 0 aliphatic rings. The van der Waals surface area contributed by atoms with Gasteiger partial charge >= 0.3 is 5.97 Å². The monoisotopic (exact) mass is 326 g/mol. The summed E-state index contributed by atoms with van der Waals surface area (Å²) in [4.78, 5) is 14.7. The first-order valence-electron chi connectivity index (χ1n) is 3.69. The predicted octanol–water partition coefficient (Wildman–Crippen LogP) is 1.60. The highest BCUT2D eigenvalue weighted by atomic mass is 127. The number of nitrogens with two attached hydrogens (primary N) is 1. The van der Waals surface area contributed by atoms with Crippen LogP contribution in [0.15, 0.2) is 12.3 Å². The van der Waals surface area contributed by atoms with Crippen molar-refractivity contribution in [1.29, 1.82) is 0 Å². The number of nitrogens with zero attached hydrogens (tertiary/aromatic N) is 1. The summed E-state index contributed by atoms with van der Waals surface area (Å²) in [6.45, 7) is 1.38. The van der Waals surface area contributed by atoms with Crippen LogP contribution in [-0.2, 0) is 10.3 Å². The minimum atomic E-state index is -1.51. The van der Waals surface area contributed by atoms with Gasteiger partial charge in [-0.05, 0) is 35.6 Å². The summed E-state index contributed by atoms with van der Waals surface area (Å²) < 4.78 is 0.792. The van der Waals surface area contributed by atoms with Crippen molar-refractivity contribution in [3.8, 4) is 0 Å². The number of carbonyl (C=O) groups is 1. The zero-order valence-electron chi connectivity index (χ0n) is 7.29. The fraction of sp³-hybridized carbons (Fsp3) is 0.250. The summed E-state index contributed by atoms with van der Waals surface area (Å²) in [5.74, 6) is -1.14. The quantitative estimate of drug-likeness (QED) is 0.639. The molecule has 14 heavy (non-hydrogen) atoms. The van der Waals surface area contributed by atoms with Crippen LogP contribution in [0.2, 0.25) is 5.15 Å². The van der Waals surface area contributed by atoms with Gasteiger partial charge in [0, 0.05) is 15.3 Å². The Hall–Kier alpha value is -0.400. The standard InChI is InChI=1S/C8H8ClIN2O2/c1-8(11,7(13)14)5-2-4(10)3-12-6(5)9/h2-3H,11H2,1H3,(H,13,14)/t8-/m0/s1. The van der Waals surface area contributed by atoms with Crippen LogP contribution in [0.1, 0.15) is 12.5 Å². The Balaban J connectivity index is 3.31. The second-order valence-corrected chi connectivity index (χ2v) is 4.60. The Bertz CT molecular complexity index is 382. The third-order valence-electron chi connectivity index (χ3n) is 1.81. The summed E-state index contributed by atoms with van der Waals surface area (Å²) >= 11 is 7.78. The van der Waals surface area contributed by atoms with Gasteiger partial charge in [0.1, 0.15) is 10.7 Å². The summed E-state index contributed by atoms with van der Waals surface area (Å²) in [5.41, 5.74) is 4.43. The van der Waals surface area contributed by atoms with E-state index in [4.69, 9.17) is 22.4 Å². The van der Waals surface area contributed by atoms with E-state index in [1.165, 1.54) is 6.92 Å². The van der Waals surface area contributed by atoms with Crippen molar-refractivity contribution in [2.45, 2.75) is 12.5 Å². The van der Waals surface area contributed by atoms with Gasteiger partial charge in [0.15, 0.2) is 0 Å². The molecule has 0 saturated heterocycles. The second kappa shape index (κ2) is 4.00. The lowest BCUT2D eigenvalue weighted by Crippen LogP contribution is -2.42. The summed E-state index contributed by atoms with van der Waals surface area (Å²) in [6.07, 6.45) is 1.55. The fourth-order valence-electron chi connectivity index (χ4n) is 0.902. The lowest BCUT2D eigenvalue weighted by Gasteiger charge is -2.20. The third kappa shape index (κ3) is 2.15. The first kappa shape index (κ1) is 11.7. The second-order valence-electron chi connectivity index (χ2n) is 3.00. The maximum absolute atomic E-state index is 10.9. The van der Waals surface area contributed by atoms with Gasteiger partial charge in [0.25, 0.3) is 0 Å². The molecule has 0 spiro atoms. The van der Waals surface area contributed by atoms with Crippen LogP contribution < -0.4 is 5.73 Å². The Morgan fingerprint density at radius 2 is 2.36 bits per heavy atom. The number of hydrogen-bond acceptors (Lipinski definition) is 3. The average Bonchev–Trinajstić information content (AvgIpc) is 2.08. The molecule has 1 aromatic rings. The zero-order chi connectivity index (χ0) is 10.9. The number of pyridine rings is 1. The van der Waals surface area contributed by atoms with Gasteiger partial charge in [0.2, 0.25) is 0 Å². The van der Waals surface area contributed by atoms with Crippen molar-refractivity contribution in [3.05, 3.63) is 26.5 Å². The van der Waals surface area contributed by atoms with Gasteiger partial charge in [-0.3, -0.25) is 0 Å². The van der Waals surface area contributed by atoms with Crippen LogP contribution in [0.25, 0.3) is 0 Å². The molecule has 0 amide bonds. The van der Waals surface area contributed by atoms with Crippen LogP contribution in [0.5, 0.6) is 0 Å². The number of carboxylic acids is 1. The summed E-state index contributed by atoms with van der Waals surface area (Å²) in [5, 5.41) is 9.02. The molecular weight excluding hydrogens is 318 g/mol. The molecule has 1 aromatic heterocycles. The van der Waals surface area contributed by atoms with Crippen molar-refractivity contribution in [2.75, 3.05) is 0 Å². The highest BCUT2D eigenvalue weighted by Gasteiger charge is 2.33. The molecule has 3 N–H and O–H groups in total. The lowest BCUT2D eigenvalue weighted by molar-refractivity contribution is -0.143. The number of hydrogen-bond donors (Lipinski definition) is 2. The van der Waals surface area contributed by atoms with E-state index in [-0.39, 0.29) is 5.15 Å². The summed E-state index contributed by atoms with van der Waals surface area (Å²) in [7, 11) is 0. The first-order chi connectivity index (χ1) is 6.35. The van der Waals surface area contributed by atoms with E-state index < -0.39 is 11.5 Å². The molecule has 1 atom stereocenters. The molecule has 0 radical (unpaired) electrons. The lowest BCUT2D eigenvalue weighted by atomic mass is 9.95. The van der Waals surface area contributed by atoms with E-state index >= 15 is 0 Å². The van der Waals surface area contributed by atoms with Gasteiger partial charge in [-0.2, -0.15) is 0 Å². The SMILES string of the molecule is C[C@@](N)(C(=O)O)c1cc(I)cnc1Cl. The minimum Gasteiger partial charge on any atom is -0.480 e. The molecule has 0 unspecified atom stereocenters. The largest absolute Gasteiger partial charge is 0.480 e. The van der Waals surface area contributed by atoms with E-state index in [2.05, 4.69) is 4.98 Å². The molecule has 0 bridgehead atoms. The van der Waals surface area contributed by atoms with Crippen LogP contribution in [0.3, 0.4) is 0 Å². The smallest absolute Gasteiger partial charge is 0.328 e. The normalized spacial score (nSPS) is 14.9. The molecule has 0 aliphatic heterocycles. The van der Waals surface area contributed by atoms with Crippen LogP contribution in [-0.4, -0.2) is 16.1 Å². The molecule has 0 fully saturated rings. The van der Waals surface area contributed by atoms with Gasteiger partial charge in [-0.15, -0.1) is 0 Å². The van der Waals surface area contributed by atoms with Gasteiger partial charge in [0.05, 0.1) is 0 Å². The highest BCUT2D eigenvalue weighted by Crippen LogP contribution is 2.25. The van der Waals surface area contributed by atoms with Crippen LogP contribution in [0, 0.1) is 3.57 Å². The number of halogens is 2. The fourth-order valence-corrected chi connectivity index (χ4v) is 1.65. The Morgan fingerprint density at radius 1 is 1.79 bits per heavy atom. The summed E-state index contributed by atoms with van der Waals surface area (Å²) in [6, 6.07) is 1.62. The highest BCUT2D eigenvalue weighted by molar-refractivity contribution is 14.1. The Morgan fingerprint density at radius 3 is 2.86 bits per heavy atom. The Labute approximate surface area is 99.6 Å². The molecule has 1 heterocycles. The molecular formula is C8H8ClIN2O2. The molecule has 0 saturated carbocycles. The molecule has 0 aliphatic carbocycles. The molecule has 4 nitrogen and oxygen atoms in total.